The molecule has 1 aromatic rings. The number of benzene rings is 1. The lowest BCUT2D eigenvalue weighted by atomic mass is 10.3. The van der Waals surface area contributed by atoms with E-state index in [0.29, 0.717) is 0 Å². The molecule has 0 spiro atoms. The molecule has 0 radical (unpaired) electrons. The Morgan fingerprint density at radius 3 is 2.30 bits per heavy atom. The first-order chi connectivity index (χ1) is 4.83. The molecule has 0 fully saturated rings. The van der Waals surface area contributed by atoms with E-state index in [1.807, 2.05) is 0 Å². The Morgan fingerprint density at radius 1 is 1.20 bits per heavy atom. The van der Waals surface area contributed by atoms with Gasteiger partial charge in [0.2, 0.25) is 0 Å². The Balaban J connectivity index is 2.89. The monoisotopic (exact) mass is 135 g/mol. The highest BCUT2D eigenvalue weighted by molar-refractivity contribution is 5.60. The fourth-order valence-corrected chi connectivity index (χ4v) is 0.646. The van der Waals surface area contributed by atoms with Crippen LogP contribution < -0.4 is 11.5 Å². The molecule has 0 saturated carbocycles. The SMILES string of the molecule is NC=Nc1ccc(N)cc1. The van der Waals surface area contributed by atoms with E-state index in [-0.39, 0.29) is 0 Å². The maximum Gasteiger partial charge on any atom is 0.0860 e. The minimum atomic E-state index is 0.732. The molecule has 0 aliphatic heterocycles. The van der Waals surface area contributed by atoms with Crippen LogP contribution in [0.15, 0.2) is 29.3 Å². The van der Waals surface area contributed by atoms with Crippen LogP contribution in [0.1, 0.15) is 0 Å². The van der Waals surface area contributed by atoms with Crippen molar-refractivity contribution in [3.05, 3.63) is 24.3 Å². The number of aliphatic imine (C=N–C) groups is 1. The van der Waals surface area contributed by atoms with Crippen molar-refractivity contribution in [2.24, 2.45) is 10.7 Å². The van der Waals surface area contributed by atoms with Crippen molar-refractivity contribution in [3.63, 3.8) is 0 Å². The number of nitrogen functional groups attached to an aromatic ring is 1. The van der Waals surface area contributed by atoms with Gasteiger partial charge in [-0.2, -0.15) is 0 Å². The van der Waals surface area contributed by atoms with Crippen LogP contribution in [0.2, 0.25) is 0 Å². The molecule has 52 valence electrons. The zero-order chi connectivity index (χ0) is 7.40. The Morgan fingerprint density at radius 2 is 1.80 bits per heavy atom. The standard InChI is InChI=1S/C7H9N3/c8-5-10-7-3-1-6(9)2-4-7/h1-5H,9H2,(H2,8,10). The lowest BCUT2D eigenvalue weighted by Gasteiger charge is -1.92. The number of nitrogens with zero attached hydrogens (tertiary/aromatic N) is 1. The van der Waals surface area contributed by atoms with Gasteiger partial charge in [0.25, 0.3) is 0 Å². The van der Waals surface area contributed by atoms with Crippen molar-refractivity contribution < 1.29 is 0 Å². The summed E-state index contributed by atoms with van der Waals surface area (Å²) in [6, 6.07) is 7.17. The summed E-state index contributed by atoms with van der Waals surface area (Å²) in [6.45, 7) is 0. The third kappa shape index (κ3) is 1.48. The maximum absolute atomic E-state index is 5.44. The van der Waals surface area contributed by atoms with Crippen LogP contribution in [0.25, 0.3) is 0 Å². The van der Waals surface area contributed by atoms with Gasteiger partial charge in [-0.1, -0.05) is 0 Å². The summed E-state index contributed by atoms with van der Waals surface area (Å²) in [4.78, 5) is 3.84. The summed E-state index contributed by atoms with van der Waals surface area (Å²) in [6.07, 6.45) is 1.26. The number of anilines is 1. The Kier molecular flexibility index (Phi) is 1.89. The molecule has 3 nitrogen and oxygen atoms in total. The van der Waals surface area contributed by atoms with Crippen LogP contribution in [-0.4, -0.2) is 6.34 Å². The maximum atomic E-state index is 5.44. The Labute approximate surface area is 59.4 Å². The molecule has 0 aliphatic carbocycles. The molecule has 0 saturated heterocycles. The first-order valence-corrected chi connectivity index (χ1v) is 2.93. The molecule has 0 amide bonds. The quantitative estimate of drug-likeness (QED) is 0.341. The van der Waals surface area contributed by atoms with E-state index in [2.05, 4.69) is 4.99 Å². The minimum absolute atomic E-state index is 0.732. The fraction of sp³-hybridized carbons (Fsp3) is 0. The first kappa shape index (κ1) is 6.61. The molecule has 0 aromatic heterocycles. The predicted octanol–water partition coefficient (Wildman–Crippen LogP) is 0.887. The van der Waals surface area contributed by atoms with Gasteiger partial charge < -0.3 is 11.5 Å². The van der Waals surface area contributed by atoms with E-state index in [0.717, 1.165) is 11.4 Å². The smallest absolute Gasteiger partial charge is 0.0860 e. The molecular weight excluding hydrogens is 126 g/mol. The fourth-order valence-electron chi connectivity index (χ4n) is 0.646. The summed E-state index contributed by atoms with van der Waals surface area (Å²) in [7, 11) is 0. The van der Waals surface area contributed by atoms with Crippen molar-refractivity contribution in [2.45, 2.75) is 0 Å². The molecule has 0 atom stereocenters. The lowest BCUT2D eigenvalue weighted by molar-refractivity contribution is 1.51. The van der Waals surface area contributed by atoms with Gasteiger partial charge in [0.1, 0.15) is 0 Å². The van der Waals surface area contributed by atoms with Crippen molar-refractivity contribution in [1.82, 2.24) is 0 Å². The largest absolute Gasteiger partial charge is 0.399 e. The van der Waals surface area contributed by atoms with Crippen molar-refractivity contribution >= 4 is 17.7 Å². The van der Waals surface area contributed by atoms with E-state index < -0.39 is 0 Å². The summed E-state index contributed by atoms with van der Waals surface area (Å²) in [5.74, 6) is 0. The Hall–Kier alpha value is -1.51. The summed E-state index contributed by atoms with van der Waals surface area (Å²) >= 11 is 0. The zero-order valence-electron chi connectivity index (χ0n) is 5.49. The molecule has 3 heteroatoms. The third-order valence-corrected chi connectivity index (χ3v) is 1.12. The van der Waals surface area contributed by atoms with Crippen LogP contribution in [0.4, 0.5) is 11.4 Å². The van der Waals surface area contributed by atoms with Gasteiger partial charge in [0.15, 0.2) is 0 Å². The van der Waals surface area contributed by atoms with E-state index >= 15 is 0 Å². The van der Waals surface area contributed by atoms with Gasteiger partial charge in [0.05, 0.1) is 12.0 Å². The second-order valence-corrected chi connectivity index (χ2v) is 1.87. The topological polar surface area (TPSA) is 64.4 Å². The first-order valence-electron chi connectivity index (χ1n) is 2.93. The van der Waals surface area contributed by atoms with Crippen molar-refractivity contribution in [1.29, 1.82) is 0 Å². The van der Waals surface area contributed by atoms with Crippen LogP contribution in [-0.2, 0) is 0 Å². The van der Waals surface area contributed by atoms with Crippen LogP contribution in [0.3, 0.4) is 0 Å². The van der Waals surface area contributed by atoms with Gasteiger partial charge in [-0.05, 0) is 24.3 Å². The van der Waals surface area contributed by atoms with Crippen LogP contribution in [0.5, 0.6) is 0 Å². The molecule has 1 aromatic carbocycles. The van der Waals surface area contributed by atoms with E-state index in [4.69, 9.17) is 11.5 Å². The Bertz CT molecular complexity index is 225. The summed E-state index contributed by atoms with van der Waals surface area (Å²) in [5, 5.41) is 0. The second-order valence-electron chi connectivity index (χ2n) is 1.87. The molecule has 4 N–H and O–H groups in total. The lowest BCUT2D eigenvalue weighted by Crippen LogP contribution is -1.86. The van der Waals surface area contributed by atoms with E-state index in [1.54, 1.807) is 24.3 Å². The molecule has 0 aliphatic rings. The number of hydrogen-bond acceptors (Lipinski definition) is 2. The average Bonchev–Trinajstić information content (AvgIpc) is 1.95. The molecular formula is C7H9N3. The molecule has 0 unspecified atom stereocenters. The normalized spacial score (nSPS) is 10.4. The van der Waals surface area contributed by atoms with Crippen molar-refractivity contribution in [2.75, 3.05) is 5.73 Å². The van der Waals surface area contributed by atoms with Gasteiger partial charge in [-0.15, -0.1) is 0 Å². The third-order valence-electron chi connectivity index (χ3n) is 1.12. The van der Waals surface area contributed by atoms with E-state index in [9.17, 15) is 0 Å². The number of rotatable bonds is 1. The van der Waals surface area contributed by atoms with Gasteiger partial charge in [-0.3, -0.25) is 0 Å². The second kappa shape index (κ2) is 2.87. The summed E-state index contributed by atoms with van der Waals surface area (Å²) < 4.78 is 0. The minimum Gasteiger partial charge on any atom is -0.399 e. The molecule has 1 rings (SSSR count). The molecule has 0 heterocycles. The van der Waals surface area contributed by atoms with Crippen LogP contribution >= 0.6 is 0 Å². The highest BCUT2D eigenvalue weighted by Crippen LogP contribution is 2.12. The van der Waals surface area contributed by atoms with Crippen molar-refractivity contribution in [3.8, 4) is 0 Å². The van der Waals surface area contributed by atoms with Crippen LogP contribution in [0, 0.1) is 0 Å². The van der Waals surface area contributed by atoms with Gasteiger partial charge >= 0.3 is 0 Å². The zero-order valence-corrected chi connectivity index (χ0v) is 5.49. The summed E-state index contributed by atoms with van der Waals surface area (Å²) in [5.41, 5.74) is 12.1. The number of nitrogens with two attached hydrogens (primary N) is 2. The molecule has 10 heavy (non-hydrogen) atoms. The highest BCUT2D eigenvalue weighted by Gasteiger charge is 1.84. The highest BCUT2D eigenvalue weighted by atomic mass is 14.8. The van der Waals surface area contributed by atoms with Gasteiger partial charge in [0, 0.05) is 5.69 Å². The number of hydrogen-bond donors (Lipinski definition) is 2. The predicted molar refractivity (Wildman–Crippen MR) is 43.2 cm³/mol. The molecule has 0 bridgehead atoms. The average molecular weight is 135 g/mol. The van der Waals surface area contributed by atoms with Gasteiger partial charge in [-0.25, -0.2) is 4.99 Å². The van der Waals surface area contributed by atoms with E-state index in [1.165, 1.54) is 6.34 Å².